The highest BCUT2D eigenvalue weighted by Crippen LogP contribution is 2.31. The van der Waals surface area contributed by atoms with E-state index in [-0.39, 0.29) is 5.91 Å². The molecule has 1 aliphatic rings. The molecule has 11 heteroatoms. The molecule has 0 bridgehead atoms. The molecule has 0 saturated carbocycles. The Morgan fingerprint density at radius 1 is 1.13 bits per heavy atom. The van der Waals surface area contributed by atoms with Crippen LogP contribution in [0.5, 0.6) is 0 Å². The van der Waals surface area contributed by atoms with Gasteiger partial charge in [0.05, 0.1) is 52.8 Å². The van der Waals surface area contributed by atoms with Gasteiger partial charge in [-0.25, -0.2) is 4.52 Å². The normalized spacial score (nSPS) is 14.3. The van der Waals surface area contributed by atoms with Crippen LogP contribution in [0.4, 0.5) is 11.5 Å². The summed E-state index contributed by atoms with van der Waals surface area (Å²) in [7, 11) is 1.91. The summed E-state index contributed by atoms with van der Waals surface area (Å²) < 4.78 is 9.07. The zero-order valence-electron chi connectivity index (χ0n) is 21.4. The van der Waals surface area contributed by atoms with Crippen molar-refractivity contribution in [1.82, 2.24) is 39.6 Å². The molecule has 1 aliphatic heterocycles. The first-order valence-electron chi connectivity index (χ1n) is 12.6. The molecule has 194 valence electrons. The third kappa shape index (κ3) is 4.69. The molecule has 5 aromatic heterocycles. The number of carbonyl (C=O) groups excluding carboxylic acids is 1. The van der Waals surface area contributed by atoms with E-state index in [0.717, 1.165) is 71.8 Å². The second-order valence-electron chi connectivity index (χ2n) is 9.37. The van der Waals surface area contributed by atoms with Crippen LogP contribution in [-0.4, -0.2) is 79.6 Å². The highest BCUT2D eigenvalue weighted by Gasteiger charge is 2.17. The van der Waals surface area contributed by atoms with E-state index in [1.54, 1.807) is 18.6 Å². The summed E-state index contributed by atoms with van der Waals surface area (Å²) in [4.78, 5) is 23.8. The highest BCUT2D eigenvalue weighted by atomic mass is 16.5. The second-order valence-corrected chi connectivity index (χ2v) is 9.37. The Labute approximate surface area is 219 Å². The van der Waals surface area contributed by atoms with Crippen molar-refractivity contribution in [3.8, 4) is 11.1 Å². The van der Waals surface area contributed by atoms with E-state index in [1.807, 2.05) is 53.8 Å². The zero-order valence-corrected chi connectivity index (χ0v) is 21.4. The summed E-state index contributed by atoms with van der Waals surface area (Å²) in [6.45, 7) is 6.53. The molecular formula is C27H29N9O2. The third-order valence-corrected chi connectivity index (χ3v) is 6.85. The summed E-state index contributed by atoms with van der Waals surface area (Å²) in [6.07, 6.45) is 8.99. The molecule has 0 radical (unpaired) electrons. The Morgan fingerprint density at radius 2 is 2.00 bits per heavy atom. The second kappa shape index (κ2) is 10.2. The van der Waals surface area contributed by atoms with Gasteiger partial charge in [0, 0.05) is 69.1 Å². The average molecular weight is 512 g/mol. The van der Waals surface area contributed by atoms with Crippen molar-refractivity contribution in [1.29, 1.82) is 0 Å². The van der Waals surface area contributed by atoms with Gasteiger partial charge in [0.2, 0.25) is 0 Å². The minimum atomic E-state index is -0.154. The van der Waals surface area contributed by atoms with Crippen molar-refractivity contribution in [2.75, 3.05) is 44.7 Å². The Hall–Kier alpha value is -4.35. The molecule has 1 saturated heterocycles. The standard InChI is InChI=1S/C27H29N9O2/c1-18-23(12-20(15-30-18)27(37)29-6-7-35-8-10-38-11-9-35)32-26-22-16-31-36-17-21(19-4-3-5-28-14-19)13-24(36)25(22)34(2)33-26/h3-5,12-17H,6-11H2,1-2H3,(H,29,37)(H,32,33). The van der Waals surface area contributed by atoms with Crippen LogP contribution in [0.25, 0.3) is 27.5 Å². The highest BCUT2D eigenvalue weighted by molar-refractivity contribution is 6.01. The van der Waals surface area contributed by atoms with E-state index < -0.39 is 0 Å². The Balaban J connectivity index is 1.24. The quantitative estimate of drug-likeness (QED) is 0.343. The molecule has 0 atom stereocenters. The third-order valence-electron chi connectivity index (χ3n) is 6.85. The summed E-state index contributed by atoms with van der Waals surface area (Å²) >= 11 is 0. The summed E-state index contributed by atoms with van der Waals surface area (Å²) in [5, 5.41) is 16.6. The van der Waals surface area contributed by atoms with Gasteiger partial charge in [-0.05, 0) is 25.1 Å². The van der Waals surface area contributed by atoms with Crippen LogP contribution in [-0.2, 0) is 11.8 Å². The fourth-order valence-electron chi connectivity index (χ4n) is 4.76. The minimum Gasteiger partial charge on any atom is -0.379 e. The van der Waals surface area contributed by atoms with E-state index in [4.69, 9.17) is 9.84 Å². The SMILES string of the molecule is Cc1ncc(C(=O)NCCN2CCOCC2)cc1Nc1nn(C)c2c1cnn1cc(-c3cccnc3)cc21. The molecule has 11 nitrogen and oxygen atoms in total. The maximum Gasteiger partial charge on any atom is 0.252 e. The van der Waals surface area contributed by atoms with Gasteiger partial charge in [0.25, 0.3) is 5.91 Å². The van der Waals surface area contributed by atoms with Crippen LogP contribution < -0.4 is 10.6 Å². The number of ether oxygens (including phenoxy) is 1. The predicted octanol–water partition coefficient (Wildman–Crippen LogP) is 2.79. The molecular weight excluding hydrogens is 482 g/mol. The maximum absolute atomic E-state index is 12.8. The number of morpholine rings is 1. The first-order chi connectivity index (χ1) is 18.6. The molecule has 0 aliphatic carbocycles. The monoisotopic (exact) mass is 511 g/mol. The number of rotatable bonds is 7. The van der Waals surface area contributed by atoms with Gasteiger partial charge in [0.15, 0.2) is 5.82 Å². The van der Waals surface area contributed by atoms with Crippen LogP contribution in [0, 0.1) is 6.92 Å². The number of hydrogen-bond donors (Lipinski definition) is 2. The van der Waals surface area contributed by atoms with Crippen molar-refractivity contribution in [2.45, 2.75) is 6.92 Å². The molecule has 38 heavy (non-hydrogen) atoms. The molecule has 0 unspecified atom stereocenters. The molecule has 6 heterocycles. The molecule has 0 spiro atoms. The number of hydrogen-bond acceptors (Lipinski definition) is 8. The topological polar surface area (TPSA) is 114 Å². The lowest BCUT2D eigenvalue weighted by molar-refractivity contribution is 0.0383. The van der Waals surface area contributed by atoms with Gasteiger partial charge >= 0.3 is 0 Å². The van der Waals surface area contributed by atoms with E-state index in [1.165, 1.54) is 0 Å². The first-order valence-corrected chi connectivity index (χ1v) is 12.6. The fourth-order valence-corrected chi connectivity index (χ4v) is 4.76. The van der Waals surface area contributed by atoms with Gasteiger partial charge in [0.1, 0.15) is 0 Å². The van der Waals surface area contributed by atoms with Crippen LogP contribution in [0.2, 0.25) is 0 Å². The lowest BCUT2D eigenvalue weighted by Gasteiger charge is -2.26. The number of aryl methyl sites for hydroxylation is 2. The lowest BCUT2D eigenvalue weighted by Crippen LogP contribution is -2.41. The van der Waals surface area contributed by atoms with E-state index in [0.29, 0.717) is 17.9 Å². The van der Waals surface area contributed by atoms with Crippen molar-refractivity contribution in [2.24, 2.45) is 7.05 Å². The number of amides is 1. The van der Waals surface area contributed by atoms with Gasteiger partial charge < -0.3 is 15.4 Å². The number of nitrogens with zero attached hydrogens (tertiary/aromatic N) is 7. The number of anilines is 2. The minimum absolute atomic E-state index is 0.154. The molecule has 1 fully saturated rings. The fraction of sp³-hybridized carbons (Fsp3) is 0.296. The summed E-state index contributed by atoms with van der Waals surface area (Å²) in [5.74, 6) is 0.496. The first kappa shape index (κ1) is 24.0. The van der Waals surface area contributed by atoms with Crippen molar-refractivity contribution in [3.63, 3.8) is 0 Å². The molecule has 0 aromatic carbocycles. The van der Waals surface area contributed by atoms with E-state index in [9.17, 15) is 4.79 Å². The Kier molecular flexibility index (Phi) is 6.44. The number of aromatic nitrogens is 6. The Morgan fingerprint density at radius 3 is 2.82 bits per heavy atom. The van der Waals surface area contributed by atoms with Crippen LogP contribution in [0.15, 0.2) is 55.2 Å². The van der Waals surface area contributed by atoms with Gasteiger partial charge in [-0.3, -0.25) is 24.3 Å². The van der Waals surface area contributed by atoms with Crippen LogP contribution >= 0.6 is 0 Å². The molecule has 5 aromatic rings. The van der Waals surface area contributed by atoms with Gasteiger partial charge in [-0.2, -0.15) is 10.2 Å². The molecule has 6 rings (SSSR count). The number of fused-ring (bicyclic) bond motifs is 3. The summed E-state index contributed by atoms with van der Waals surface area (Å²) in [6, 6.07) is 7.85. The zero-order chi connectivity index (χ0) is 26.1. The Bertz CT molecular complexity index is 1600. The van der Waals surface area contributed by atoms with E-state index in [2.05, 4.69) is 36.7 Å². The average Bonchev–Trinajstić information content (AvgIpc) is 3.52. The lowest BCUT2D eigenvalue weighted by atomic mass is 10.1. The molecule has 2 N–H and O–H groups in total. The largest absolute Gasteiger partial charge is 0.379 e. The van der Waals surface area contributed by atoms with Crippen LogP contribution in [0.1, 0.15) is 16.1 Å². The number of nitrogens with one attached hydrogen (secondary N) is 2. The smallest absolute Gasteiger partial charge is 0.252 e. The van der Waals surface area contributed by atoms with Crippen LogP contribution in [0.3, 0.4) is 0 Å². The van der Waals surface area contributed by atoms with Gasteiger partial charge in [-0.15, -0.1) is 0 Å². The van der Waals surface area contributed by atoms with Crippen molar-refractivity contribution in [3.05, 3.63) is 66.5 Å². The van der Waals surface area contributed by atoms with Crippen molar-refractivity contribution < 1.29 is 9.53 Å². The maximum atomic E-state index is 12.8. The molecule has 1 amide bonds. The number of pyridine rings is 2. The van der Waals surface area contributed by atoms with E-state index >= 15 is 0 Å². The van der Waals surface area contributed by atoms with Crippen molar-refractivity contribution >= 4 is 33.8 Å². The van der Waals surface area contributed by atoms with Gasteiger partial charge in [-0.1, -0.05) is 6.07 Å². The predicted molar refractivity (Wildman–Crippen MR) is 145 cm³/mol. The number of carbonyl (C=O) groups is 1. The summed E-state index contributed by atoms with van der Waals surface area (Å²) in [5.41, 5.74) is 5.91.